The molecule has 2 rings (SSSR count). The fraction of sp³-hybridized carbons (Fsp3) is 0.333. The molecule has 2 aromatic rings. The highest BCUT2D eigenvalue weighted by Crippen LogP contribution is 2.23. The zero-order valence-corrected chi connectivity index (χ0v) is 10.8. The second-order valence-corrected chi connectivity index (χ2v) is 4.43. The molecule has 1 aromatic heterocycles. The topological polar surface area (TPSA) is 25.2 Å². The second-order valence-electron chi connectivity index (χ2n) is 4.43. The van der Waals surface area contributed by atoms with Crippen molar-refractivity contribution in [3.05, 3.63) is 59.6 Å². The summed E-state index contributed by atoms with van der Waals surface area (Å²) in [7, 11) is 0. The molecule has 4 heteroatoms. The molecule has 0 radical (unpaired) electrons. The zero-order chi connectivity index (χ0) is 13.7. The van der Waals surface area contributed by atoms with E-state index in [2.05, 4.69) is 5.32 Å². The van der Waals surface area contributed by atoms with Crippen LogP contribution in [0, 0.1) is 11.6 Å². The second kappa shape index (κ2) is 6.48. The van der Waals surface area contributed by atoms with Gasteiger partial charge in [-0.3, -0.25) is 0 Å². The average Bonchev–Trinajstić information content (AvgIpc) is 2.91. The van der Waals surface area contributed by atoms with E-state index in [0.29, 0.717) is 12.0 Å². The Balaban J connectivity index is 2.23. The zero-order valence-electron chi connectivity index (χ0n) is 10.8. The third kappa shape index (κ3) is 3.41. The van der Waals surface area contributed by atoms with E-state index in [1.807, 2.05) is 13.0 Å². The molecule has 0 bridgehead atoms. The van der Waals surface area contributed by atoms with Crippen molar-refractivity contribution in [2.45, 2.75) is 25.8 Å². The number of rotatable bonds is 6. The van der Waals surface area contributed by atoms with Crippen LogP contribution < -0.4 is 5.32 Å². The summed E-state index contributed by atoms with van der Waals surface area (Å²) in [6.45, 7) is 2.76. The van der Waals surface area contributed by atoms with E-state index in [9.17, 15) is 8.78 Å². The van der Waals surface area contributed by atoms with Crippen LogP contribution in [-0.4, -0.2) is 6.54 Å². The average molecular weight is 265 g/mol. The van der Waals surface area contributed by atoms with E-state index in [0.717, 1.165) is 24.8 Å². The minimum atomic E-state index is -0.819. The highest BCUT2D eigenvalue weighted by atomic mass is 19.2. The molecule has 0 aliphatic carbocycles. The van der Waals surface area contributed by atoms with Gasteiger partial charge < -0.3 is 9.73 Å². The van der Waals surface area contributed by atoms with Gasteiger partial charge >= 0.3 is 0 Å². The molecule has 2 nitrogen and oxygen atoms in total. The van der Waals surface area contributed by atoms with Crippen LogP contribution in [0.15, 0.2) is 41.0 Å². The standard InChI is InChI=1S/C15H17F2NO/c1-2-8-18-14(10-11-5-4-9-19-11)12-6-3-7-13(16)15(12)17/h3-7,9,14,18H,2,8,10H2,1H3. The number of hydrogen-bond donors (Lipinski definition) is 1. The van der Waals surface area contributed by atoms with Crippen LogP contribution in [0.2, 0.25) is 0 Å². The van der Waals surface area contributed by atoms with Gasteiger partial charge in [0.2, 0.25) is 0 Å². The van der Waals surface area contributed by atoms with E-state index >= 15 is 0 Å². The van der Waals surface area contributed by atoms with E-state index in [1.54, 1.807) is 18.4 Å². The maximum Gasteiger partial charge on any atom is 0.163 e. The molecule has 1 atom stereocenters. The summed E-state index contributed by atoms with van der Waals surface area (Å²) in [5, 5.41) is 3.23. The fourth-order valence-electron chi connectivity index (χ4n) is 2.03. The minimum Gasteiger partial charge on any atom is -0.469 e. The SMILES string of the molecule is CCCNC(Cc1ccco1)c1cccc(F)c1F. The fourth-order valence-corrected chi connectivity index (χ4v) is 2.03. The molecule has 0 amide bonds. The Labute approximate surface area is 111 Å². The number of halogens is 2. The van der Waals surface area contributed by atoms with Crippen molar-refractivity contribution in [2.75, 3.05) is 6.54 Å². The van der Waals surface area contributed by atoms with Gasteiger partial charge in [-0.2, -0.15) is 0 Å². The normalized spacial score (nSPS) is 12.6. The van der Waals surface area contributed by atoms with Crippen molar-refractivity contribution in [3.63, 3.8) is 0 Å². The molecule has 0 saturated carbocycles. The van der Waals surface area contributed by atoms with Gasteiger partial charge in [0.25, 0.3) is 0 Å². The van der Waals surface area contributed by atoms with Gasteiger partial charge in [-0.05, 0) is 31.2 Å². The molecule has 1 N–H and O–H groups in total. The maximum absolute atomic E-state index is 13.9. The molecule has 1 aromatic carbocycles. The Hall–Kier alpha value is -1.68. The van der Waals surface area contributed by atoms with E-state index in [-0.39, 0.29) is 6.04 Å². The van der Waals surface area contributed by atoms with Crippen molar-refractivity contribution in [2.24, 2.45) is 0 Å². The highest BCUT2D eigenvalue weighted by Gasteiger charge is 2.19. The Kier molecular flexibility index (Phi) is 4.68. The molecular formula is C15H17F2NO. The largest absolute Gasteiger partial charge is 0.469 e. The lowest BCUT2D eigenvalue weighted by Crippen LogP contribution is -2.25. The predicted molar refractivity (Wildman–Crippen MR) is 69.8 cm³/mol. The predicted octanol–water partition coefficient (Wildman–Crippen LogP) is 3.84. The number of benzene rings is 1. The summed E-state index contributed by atoms with van der Waals surface area (Å²) in [5.41, 5.74) is 0.338. The summed E-state index contributed by atoms with van der Waals surface area (Å²) in [5.74, 6) is -0.861. The highest BCUT2D eigenvalue weighted by molar-refractivity contribution is 5.24. The van der Waals surface area contributed by atoms with Crippen LogP contribution in [0.3, 0.4) is 0 Å². The van der Waals surface area contributed by atoms with E-state index < -0.39 is 11.6 Å². The summed E-state index contributed by atoms with van der Waals surface area (Å²) >= 11 is 0. The molecule has 102 valence electrons. The summed E-state index contributed by atoms with van der Waals surface area (Å²) in [6, 6.07) is 7.58. The van der Waals surface area contributed by atoms with Crippen LogP contribution >= 0.6 is 0 Å². The number of hydrogen-bond acceptors (Lipinski definition) is 2. The molecule has 1 heterocycles. The van der Waals surface area contributed by atoms with Crippen LogP contribution in [0.5, 0.6) is 0 Å². The van der Waals surface area contributed by atoms with Gasteiger partial charge in [0.15, 0.2) is 11.6 Å². The maximum atomic E-state index is 13.9. The first-order chi connectivity index (χ1) is 9.22. The van der Waals surface area contributed by atoms with Crippen LogP contribution in [0.25, 0.3) is 0 Å². The minimum absolute atomic E-state index is 0.290. The molecule has 0 fully saturated rings. The van der Waals surface area contributed by atoms with Gasteiger partial charge in [0.05, 0.1) is 6.26 Å². The lowest BCUT2D eigenvalue weighted by molar-refractivity contribution is 0.426. The first kappa shape index (κ1) is 13.7. The van der Waals surface area contributed by atoms with Crippen LogP contribution in [-0.2, 0) is 6.42 Å². The van der Waals surface area contributed by atoms with Crippen molar-refractivity contribution in [3.8, 4) is 0 Å². The first-order valence-corrected chi connectivity index (χ1v) is 6.42. The monoisotopic (exact) mass is 265 g/mol. The van der Waals surface area contributed by atoms with E-state index in [1.165, 1.54) is 6.07 Å². The smallest absolute Gasteiger partial charge is 0.163 e. The van der Waals surface area contributed by atoms with Crippen LogP contribution in [0.4, 0.5) is 8.78 Å². The summed E-state index contributed by atoms with van der Waals surface area (Å²) in [6.07, 6.45) is 2.99. The molecule has 19 heavy (non-hydrogen) atoms. The Morgan fingerprint density at radius 2 is 2.05 bits per heavy atom. The summed E-state index contributed by atoms with van der Waals surface area (Å²) in [4.78, 5) is 0. The van der Waals surface area contributed by atoms with Gasteiger partial charge in [-0.15, -0.1) is 0 Å². The molecular weight excluding hydrogens is 248 g/mol. The summed E-state index contributed by atoms with van der Waals surface area (Å²) < 4.78 is 32.5. The van der Waals surface area contributed by atoms with Crippen molar-refractivity contribution >= 4 is 0 Å². The number of furan rings is 1. The molecule has 0 aliphatic heterocycles. The Morgan fingerprint density at radius 1 is 1.21 bits per heavy atom. The van der Waals surface area contributed by atoms with Gasteiger partial charge in [-0.25, -0.2) is 8.78 Å². The Bertz CT molecular complexity index is 511. The Morgan fingerprint density at radius 3 is 2.74 bits per heavy atom. The van der Waals surface area contributed by atoms with Crippen molar-refractivity contribution < 1.29 is 13.2 Å². The van der Waals surface area contributed by atoms with Gasteiger partial charge in [-0.1, -0.05) is 19.1 Å². The van der Waals surface area contributed by atoms with Gasteiger partial charge in [0, 0.05) is 18.0 Å². The van der Waals surface area contributed by atoms with Crippen molar-refractivity contribution in [1.29, 1.82) is 0 Å². The first-order valence-electron chi connectivity index (χ1n) is 6.42. The molecule has 0 saturated heterocycles. The third-order valence-electron chi connectivity index (χ3n) is 2.98. The molecule has 0 spiro atoms. The van der Waals surface area contributed by atoms with Crippen molar-refractivity contribution in [1.82, 2.24) is 5.32 Å². The van der Waals surface area contributed by atoms with Gasteiger partial charge in [0.1, 0.15) is 5.76 Å². The lowest BCUT2D eigenvalue weighted by atomic mass is 10.0. The lowest BCUT2D eigenvalue weighted by Gasteiger charge is -2.18. The molecule has 0 aliphatic rings. The van der Waals surface area contributed by atoms with E-state index in [4.69, 9.17) is 4.42 Å². The number of nitrogens with one attached hydrogen (secondary N) is 1. The van der Waals surface area contributed by atoms with Crippen LogP contribution in [0.1, 0.15) is 30.7 Å². The quantitative estimate of drug-likeness (QED) is 0.858. The third-order valence-corrected chi connectivity index (χ3v) is 2.98. The molecule has 1 unspecified atom stereocenters.